The largest absolute Gasteiger partial charge is 1.00 e. The van der Waals surface area contributed by atoms with Gasteiger partial charge in [-0.3, -0.25) is 4.74 Å². The third-order valence-electron chi connectivity index (χ3n) is 2.00. The van der Waals surface area contributed by atoms with Gasteiger partial charge in [0, 0.05) is 6.42 Å². The van der Waals surface area contributed by atoms with E-state index in [0.29, 0.717) is 0 Å². The van der Waals surface area contributed by atoms with Crippen molar-refractivity contribution >= 4 is 5.97 Å². The normalized spacial score (nSPS) is 25.9. The first-order valence-electron chi connectivity index (χ1n) is 4.08. The molecule has 90 valence electrons. The van der Waals surface area contributed by atoms with Gasteiger partial charge in [0.2, 0.25) is 0 Å². The van der Waals surface area contributed by atoms with Gasteiger partial charge in [0.1, 0.15) is 12.6 Å². The first-order valence-corrected chi connectivity index (χ1v) is 4.08. The third kappa shape index (κ3) is 4.67. The fourth-order valence-corrected chi connectivity index (χ4v) is 1.42. The van der Waals surface area contributed by atoms with E-state index in [-0.39, 0.29) is 25.4 Å². The average molecular weight is 250 g/mol. The molecule has 0 aromatic heterocycles. The average Bonchev–Trinajstić information content (AvgIpc) is 2.48. The van der Waals surface area contributed by atoms with Crippen molar-refractivity contribution in [2.45, 2.75) is 24.9 Å². The number of carbonyl (C=O) groups is 1. The molecule has 0 unspecified atom stereocenters. The number of hydrogen-bond donors (Lipinski definition) is 1. The number of carbonyl (C=O) groups excluding carboxylic acids is 1. The van der Waals surface area contributed by atoms with Crippen molar-refractivity contribution in [1.29, 1.82) is 0 Å². The Labute approximate surface area is 90.5 Å². The van der Waals surface area contributed by atoms with E-state index < -0.39 is 24.5 Å². The van der Waals surface area contributed by atoms with Crippen LogP contribution in [0.1, 0.15) is 6.42 Å². The SMILES string of the molecule is COC(=O)[C@@H]1C[C@@H](OC(F)(F)F)C[NH2+]1.[Cl-]. The van der Waals surface area contributed by atoms with Gasteiger partial charge in [0.25, 0.3) is 0 Å². The van der Waals surface area contributed by atoms with E-state index in [0.717, 1.165) is 0 Å². The summed E-state index contributed by atoms with van der Waals surface area (Å²) in [6.45, 7) is 0.124. The first-order chi connectivity index (χ1) is 6.42. The van der Waals surface area contributed by atoms with Crippen molar-refractivity contribution in [1.82, 2.24) is 0 Å². The Kier molecular flexibility index (Phi) is 5.33. The van der Waals surface area contributed by atoms with Gasteiger partial charge in [-0.15, -0.1) is 13.2 Å². The van der Waals surface area contributed by atoms with Crippen LogP contribution in [0.5, 0.6) is 0 Å². The Morgan fingerprint density at radius 3 is 2.53 bits per heavy atom. The van der Waals surface area contributed by atoms with Crippen LogP contribution in [0.3, 0.4) is 0 Å². The molecule has 8 heteroatoms. The molecule has 1 aliphatic heterocycles. The molecule has 0 aliphatic carbocycles. The molecule has 0 radical (unpaired) electrons. The van der Waals surface area contributed by atoms with Gasteiger partial charge in [-0.1, -0.05) is 0 Å². The summed E-state index contributed by atoms with van der Waals surface area (Å²) >= 11 is 0. The Hall–Kier alpha value is -0.530. The molecule has 1 fully saturated rings. The first kappa shape index (κ1) is 14.5. The zero-order valence-corrected chi connectivity index (χ0v) is 8.64. The van der Waals surface area contributed by atoms with Crippen molar-refractivity contribution < 1.29 is 45.2 Å². The van der Waals surface area contributed by atoms with Gasteiger partial charge in [0.05, 0.1) is 7.11 Å². The highest BCUT2D eigenvalue weighted by Gasteiger charge is 2.41. The summed E-state index contributed by atoms with van der Waals surface area (Å²) < 4.78 is 43.5. The second kappa shape index (κ2) is 5.53. The number of rotatable bonds is 2. The predicted molar refractivity (Wildman–Crippen MR) is 38.1 cm³/mol. The molecule has 0 saturated carbocycles. The maximum absolute atomic E-state index is 11.8. The molecule has 2 atom stereocenters. The molecular weight excluding hydrogens is 239 g/mol. The van der Waals surface area contributed by atoms with E-state index in [1.807, 2.05) is 0 Å². The van der Waals surface area contributed by atoms with Crippen molar-refractivity contribution in [2.75, 3.05) is 13.7 Å². The van der Waals surface area contributed by atoms with E-state index in [9.17, 15) is 18.0 Å². The van der Waals surface area contributed by atoms with Crippen LogP contribution < -0.4 is 17.7 Å². The molecule has 1 rings (SSSR count). The summed E-state index contributed by atoms with van der Waals surface area (Å²) in [6, 6.07) is -0.577. The van der Waals surface area contributed by atoms with Gasteiger partial charge >= 0.3 is 12.3 Å². The lowest BCUT2D eigenvalue weighted by atomic mass is 10.2. The van der Waals surface area contributed by atoms with Crippen LogP contribution in [0.2, 0.25) is 0 Å². The standard InChI is InChI=1S/C7H10F3NO3.ClH/c1-13-6(12)5-2-4(3-11-5)14-7(8,9)10;/h4-5,11H,2-3H2,1H3;1H/t4-,5+;/m1./s1. The van der Waals surface area contributed by atoms with Crippen LogP contribution in [0.25, 0.3) is 0 Å². The molecule has 4 nitrogen and oxygen atoms in total. The minimum absolute atomic E-state index is 0. The van der Waals surface area contributed by atoms with Crippen LogP contribution >= 0.6 is 0 Å². The number of esters is 1. The summed E-state index contributed by atoms with van der Waals surface area (Å²) in [5.74, 6) is -0.515. The second-order valence-corrected chi connectivity index (χ2v) is 3.02. The highest BCUT2D eigenvalue weighted by molar-refractivity contribution is 5.74. The predicted octanol–water partition coefficient (Wildman–Crippen LogP) is -3.60. The molecule has 1 heterocycles. The number of nitrogens with two attached hydrogens (primary N) is 1. The lowest BCUT2D eigenvalue weighted by molar-refractivity contribution is -0.662. The quantitative estimate of drug-likeness (QED) is 0.515. The van der Waals surface area contributed by atoms with Crippen molar-refractivity contribution in [2.24, 2.45) is 0 Å². The van der Waals surface area contributed by atoms with Crippen LogP contribution in [-0.2, 0) is 14.3 Å². The number of alkyl halides is 3. The van der Waals surface area contributed by atoms with Crippen molar-refractivity contribution in [3.8, 4) is 0 Å². The van der Waals surface area contributed by atoms with E-state index in [2.05, 4.69) is 9.47 Å². The van der Waals surface area contributed by atoms with Gasteiger partial charge in [0.15, 0.2) is 6.04 Å². The molecule has 0 aromatic carbocycles. The van der Waals surface area contributed by atoms with E-state index in [1.165, 1.54) is 12.4 Å². The number of halogens is 4. The highest BCUT2D eigenvalue weighted by Crippen LogP contribution is 2.21. The minimum atomic E-state index is -4.64. The van der Waals surface area contributed by atoms with Gasteiger partial charge < -0.3 is 22.5 Å². The molecule has 2 N–H and O–H groups in total. The lowest BCUT2D eigenvalue weighted by Crippen LogP contribution is -3.00. The van der Waals surface area contributed by atoms with Crippen molar-refractivity contribution in [3.63, 3.8) is 0 Å². The fraction of sp³-hybridized carbons (Fsp3) is 0.857. The summed E-state index contributed by atoms with van der Waals surface area (Å²) in [7, 11) is 1.20. The maximum atomic E-state index is 11.8. The molecule has 1 saturated heterocycles. The van der Waals surface area contributed by atoms with Gasteiger partial charge in [-0.2, -0.15) is 0 Å². The second-order valence-electron chi connectivity index (χ2n) is 3.02. The smallest absolute Gasteiger partial charge is 0.522 e. The number of ether oxygens (including phenoxy) is 2. The van der Waals surface area contributed by atoms with Gasteiger partial charge in [-0.25, -0.2) is 4.79 Å². The monoisotopic (exact) mass is 249 g/mol. The molecule has 0 aromatic rings. The topological polar surface area (TPSA) is 52.1 Å². The van der Waals surface area contributed by atoms with Crippen LogP contribution in [-0.4, -0.2) is 38.1 Å². The van der Waals surface area contributed by atoms with E-state index >= 15 is 0 Å². The fourth-order valence-electron chi connectivity index (χ4n) is 1.42. The molecular formula is C7H11ClF3NO3. The lowest BCUT2D eigenvalue weighted by Gasteiger charge is -2.10. The Balaban J connectivity index is 0.00000196. The molecule has 0 bridgehead atoms. The Morgan fingerprint density at radius 1 is 1.47 bits per heavy atom. The van der Waals surface area contributed by atoms with Crippen molar-refractivity contribution in [3.05, 3.63) is 0 Å². The van der Waals surface area contributed by atoms with Gasteiger partial charge in [-0.05, 0) is 0 Å². The molecule has 1 aliphatic rings. The zero-order valence-electron chi connectivity index (χ0n) is 7.88. The third-order valence-corrected chi connectivity index (χ3v) is 2.00. The van der Waals surface area contributed by atoms with E-state index in [1.54, 1.807) is 0 Å². The minimum Gasteiger partial charge on any atom is -1.00 e. The summed E-state index contributed by atoms with van der Waals surface area (Å²) in [6.07, 6.45) is -5.56. The molecule has 0 spiro atoms. The molecule has 15 heavy (non-hydrogen) atoms. The van der Waals surface area contributed by atoms with Crippen LogP contribution in [0, 0.1) is 0 Å². The Morgan fingerprint density at radius 2 is 2.07 bits per heavy atom. The number of hydrogen-bond acceptors (Lipinski definition) is 3. The summed E-state index contributed by atoms with van der Waals surface area (Å²) in [5.41, 5.74) is 0. The maximum Gasteiger partial charge on any atom is 0.522 e. The molecule has 0 amide bonds. The highest BCUT2D eigenvalue weighted by atomic mass is 35.5. The summed E-state index contributed by atoms with van der Waals surface area (Å²) in [4.78, 5) is 10.9. The van der Waals surface area contributed by atoms with Crippen LogP contribution in [0.4, 0.5) is 13.2 Å². The number of quaternary nitrogens is 1. The Bertz CT molecular complexity index is 224. The van der Waals surface area contributed by atoms with E-state index in [4.69, 9.17) is 0 Å². The zero-order chi connectivity index (χ0) is 10.8. The van der Waals surface area contributed by atoms with Crippen LogP contribution in [0.15, 0.2) is 0 Å². The summed E-state index contributed by atoms with van der Waals surface area (Å²) in [5, 5.41) is 1.49. The number of methoxy groups -OCH3 is 1.